The molecule has 0 aliphatic carbocycles. The minimum absolute atomic E-state index is 0.120. The predicted octanol–water partition coefficient (Wildman–Crippen LogP) is 3.19. The number of carbonyl (C=O) groups is 1. The Bertz CT molecular complexity index is 774. The van der Waals surface area contributed by atoms with Crippen molar-refractivity contribution < 1.29 is 19.0 Å². The largest absolute Gasteiger partial charge is 0.496 e. The number of para-hydroxylation sites is 2. The van der Waals surface area contributed by atoms with E-state index in [9.17, 15) is 4.79 Å². The first kappa shape index (κ1) is 17.1. The number of fused-ring (bicyclic) bond motifs is 1. The molecule has 0 saturated carbocycles. The molecule has 0 unspecified atom stereocenters. The zero-order valence-electron chi connectivity index (χ0n) is 15.0. The van der Waals surface area contributed by atoms with Crippen molar-refractivity contribution in [3.63, 3.8) is 0 Å². The first-order valence-electron chi connectivity index (χ1n) is 8.30. The maximum absolute atomic E-state index is 12.9. The second-order valence-corrected chi connectivity index (χ2v) is 6.32. The summed E-state index contributed by atoms with van der Waals surface area (Å²) in [5.74, 6) is 1.91. The lowest BCUT2D eigenvalue weighted by Crippen LogP contribution is -2.49. The summed E-state index contributed by atoms with van der Waals surface area (Å²) < 4.78 is 17.1. The van der Waals surface area contributed by atoms with Crippen molar-refractivity contribution in [3.05, 3.63) is 53.6 Å². The molecule has 1 aliphatic heterocycles. The highest BCUT2D eigenvalue weighted by molar-refractivity contribution is 5.82. The van der Waals surface area contributed by atoms with Crippen LogP contribution in [0.3, 0.4) is 0 Å². The Hall–Kier alpha value is -2.69. The molecule has 1 aliphatic rings. The molecule has 3 rings (SSSR count). The summed E-state index contributed by atoms with van der Waals surface area (Å²) in [6.07, 6.45) is -1.03. The standard InChI is InChI=1S/C20H23NO4/c1-13-9-10-16(23-4)15(11-13)12-21(3)20(22)19-14(2)24-17-7-5-6-8-18(17)25-19/h5-11,14,19H,12H2,1-4H3/t14-,19-/m1/s1. The van der Waals surface area contributed by atoms with Crippen molar-refractivity contribution in [1.29, 1.82) is 0 Å². The Morgan fingerprint density at radius 2 is 1.84 bits per heavy atom. The van der Waals surface area contributed by atoms with Crippen molar-refractivity contribution in [2.24, 2.45) is 0 Å². The van der Waals surface area contributed by atoms with Crippen LogP contribution in [-0.2, 0) is 11.3 Å². The third-order valence-electron chi connectivity index (χ3n) is 4.31. The zero-order valence-corrected chi connectivity index (χ0v) is 15.0. The lowest BCUT2D eigenvalue weighted by atomic mass is 10.1. The number of amides is 1. The Labute approximate surface area is 148 Å². The molecule has 0 radical (unpaired) electrons. The number of carbonyl (C=O) groups excluding carboxylic acids is 1. The number of hydrogen-bond acceptors (Lipinski definition) is 4. The van der Waals surface area contributed by atoms with E-state index >= 15 is 0 Å². The normalized spacial score (nSPS) is 18.6. The lowest BCUT2D eigenvalue weighted by molar-refractivity contribution is -0.143. The van der Waals surface area contributed by atoms with Crippen LogP contribution in [0.2, 0.25) is 0 Å². The third-order valence-corrected chi connectivity index (χ3v) is 4.31. The second-order valence-electron chi connectivity index (χ2n) is 6.32. The molecule has 0 fully saturated rings. The average Bonchev–Trinajstić information content (AvgIpc) is 2.60. The zero-order chi connectivity index (χ0) is 18.0. The molecular weight excluding hydrogens is 318 g/mol. The highest BCUT2D eigenvalue weighted by atomic mass is 16.6. The van der Waals surface area contributed by atoms with E-state index in [-0.39, 0.29) is 12.0 Å². The highest BCUT2D eigenvalue weighted by Gasteiger charge is 2.35. The minimum Gasteiger partial charge on any atom is -0.496 e. The van der Waals surface area contributed by atoms with Crippen molar-refractivity contribution in [1.82, 2.24) is 4.90 Å². The van der Waals surface area contributed by atoms with Gasteiger partial charge in [-0.05, 0) is 32.0 Å². The maximum Gasteiger partial charge on any atom is 0.267 e. The molecule has 0 N–H and O–H groups in total. The van der Waals surface area contributed by atoms with Gasteiger partial charge in [0.25, 0.3) is 5.91 Å². The van der Waals surface area contributed by atoms with E-state index in [2.05, 4.69) is 0 Å². The van der Waals surface area contributed by atoms with Gasteiger partial charge in [0.15, 0.2) is 11.5 Å². The van der Waals surface area contributed by atoms with Gasteiger partial charge in [0, 0.05) is 19.2 Å². The van der Waals surface area contributed by atoms with Crippen LogP contribution in [-0.4, -0.2) is 37.2 Å². The fourth-order valence-electron chi connectivity index (χ4n) is 2.97. The molecule has 2 atom stereocenters. The molecule has 132 valence electrons. The Morgan fingerprint density at radius 1 is 1.16 bits per heavy atom. The first-order chi connectivity index (χ1) is 12.0. The van der Waals surface area contributed by atoms with Gasteiger partial charge in [-0.3, -0.25) is 4.79 Å². The van der Waals surface area contributed by atoms with Crippen LogP contribution >= 0.6 is 0 Å². The topological polar surface area (TPSA) is 48.0 Å². The predicted molar refractivity (Wildman–Crippen MR) is 95.2 cm³/mol. The van der Waals surface area contributed by atoms with E-state index in [0.717, 1.165) is 16.9 Å². The monoisotopic (exact) mass is 341 g/mol. The number of nitrogens with zero attached hydrogens (tertiary/aromatic N) is 1. The van der Waals surface area contributed by atoms with Crippen LogP contribution in [0, 0.1) is 6.92 Å². The summed E-state index contributed by atoms with van der Waals surface area (Å²) in [6.45, 7) is 4.30. The number of methoxy groups -OCH3 is 1. The number of ether oxygens (including phenoxy) is 3. The molecule has 1 heterocycles. The van der Waals surface area contributed by atoms with Gasteiger partial charge in [0.05, 0.1) is 7.11 Å². The van der Waals surface area contributed by atoms with Gasteiger partial charge in [-0.1, -0.05) is 29.8 Å². The highest BCUT2D eigenvalue weighted by Crippen LogP contribution is 2.34. The van der Waals surface area contributed by atoms with E-state index in [4.69, 9.17) is 14.2 Å². The maximum atomic E-state index is 12.9. The van der Waals surface area contributed by atoms with Crippen LogP contribution in [0.4, 0.5) is 0 Å². The minimum atomic E-state index is -0.671. The van der Waals surface area contributed by atoms with Crippen LogP contribution < -0.4 is 14.2 Å². The quantitative estimate of drug-likeness (QED) is 0.857. The Kier molecular flexibility index (Phi) is 4.83. The number of aryl methyl sites for hydroxylation is 1. The van der Waals surface area contributed by atoms with Crippen molar-refractivity contribution in [3.8, 4) is 17.2 Å². The van der Waals surface area contributed by atoms with Gasteiger partial charge in [-0.2, -0.15) is 0 Å². The van der Waals surface area contributed by atoms with Crippen LogP contribution in [0.5, 0.6) is 17.2 Å². The summed E-state index contributed by atoms with van der Waals surface area (Å²) in [5, 5.41) is 0. The smallest absolute Gasteiger partial charge is 0.267 e. The van der Waals surface area contributed by atoms with Crippen LogP contribution in [0.1, 0.15) is 18.1 Å². The first-order valence-corrected chi connectivity index (χ1v) is 8.30. The molecular formula is C20H23NO4. The third kappa shape index (κ3) is 3.55. The number of hydrogen-bond donors (Lipinski definition) is 0. The Balaban J connectivity index is 1.76. The van der Waals surface area contributed by atoms with E-state index in [1.165, 1.54) is 0 Å². The van der Waals surface area contributed by atoms with Crippen molar-refractivity contribution >= 4 is 5.91 Å². The summed E-state index contributed by atoms with van der Waals surface area (Å²) in [4.78, 5) is 14.5. The number of likely N-dealkylation sites (N-methyl/N-ethyl adjacent to an activating group) is 1. The number of benzene rings is 2. The average molecular weight is 341 g/mol. The molecule has 2 aromatic rings. The molecule has 0 saturated heterocycles. The van der Waals surface area contributed by atoms with Gasteiger partial charge >= 0.3 is 0 Å². The van der Waals surface area contributed by atoms with Crippen LogP contribution in [0.15, 0.2) is 42.5 Å². The fourth-order valence-corrected chi connectivity index (χ4v) is 2.97. The second kappa shape index (κ2) is 7.05. The Morgan fingerprint density at radius 3 is 2.52 bits per heavy atom. The van der Waals surface area contributed by atoms with Gasteiger partial charge in [0.2, 0.25) is 6.10 Å². The molecule has 5 nitrogen and oxygen atoms in total. The van der Waals surface area contributed by atoms with Crippen molar-refractivity contribution in [2.45, 2.75) is 32.6 Å². The fraction of sp³-hybridized carbons (Fsp3) is 0.350. The lowest BCUT2D eigenvalue weighted by Gasteiger charge is -2.33. The van der Waals surface area contributed by atoms with Gasteiger partial charge in [-0.25, -0.2) is 0 Å². The number of rotatable bonds is 4. The molecule has 5 heteroatoms. The molecule has 0 bridgehead atoms. The summed E-state index contributed by atoms with van der Waals surface area (Å²) in [5.41, 5.74) is 2.08. The van der Waals surface area contributed by atoms with Crippen molar-refractivity contribution in [2.75, 3.05) is 14.2 Å². The van der Waals surface area contributed by atoms with Gasteiger partial charge < -0.3 is 19.1 Å². The molecule has 2 aromatic carbocycles. The summed E-state index contributed by atoms with van der Waals surface area (Å²) in [6, 6.07) is 13.3. The molecule has 0 spiro atoms. The molecule has 25 heavy (non-hydrogen) atoms. The van der Waals surface area contributed by atoms with E-state index in [1.807, 2.05) is 56.3 Å². The summed E-state index contributed by atoms with van der Waals surface area (Å²) in [7, 11) is 3.40. The molecule has 1 amide bonds. The SMILES string of the molecule is COc1ccc(C)cc1CN(C)C(=O)[C@@H]1Oc2ccccc2O[C@@H]1C. The van der Waals surface area contributed by atoms with E-state index in [0.29, 0.717) is 18.0 Å². The van der Waals surface area contributed by atoms with Gasteiger partial charge in [0.1, 0.15) is 11.9 Å². The molecule has 0 aromatic heterocycles. The van der Waals surface area contributed by atoms with E-state index in [1.54, 1.807) is 19.1 Å². The van der Waals surface area contributed by atoms with Crippen LogP contribution in [0.25, 0.3) is 0 Å². The van der Waals surface area contributed by atoms with E-state index < -0.39 is 6.10 Å². The van der Waals surface area contributed by atoms with Gasteiger partial charge in [-0.15, -0.1) is 0 Å². The summed E-state index contributed by atoms with van der Waals surface area (Å²) >= 11 is 0.